The van der Waals surface area contributed by atoms with Gasteiger partial charge in [-0.1, -0.05) is 102 Å². The number of fused-ring (bicyclic) bond motifs is 3. The fourth-order valence-electron chi connectivity index (χ4n) is 13.9. The van der Waals surface area contributed by atoms with E-state index in [1.807, 2.05) is 62.3 Å². The normalized spacial score (nSPS) is 30.6. The van der Waals surface area contributed by atoms with Gasteiger partial charge in [-0.05, 0) is 108 Å². The van der Waals surface area contributed by atoms with Crippen LogP contribution >= 0.6 is 0 Å². The van der Waals surface area contributed by atoms with Crippen molar-refractivity contribution in [2.75, 3.05) is 82.1 Å². The van der Waals surface area contributed by atoms with Crippen LogP contribution in [0.2, 0.25) is 0 Å². The Bertz CT molecular complexity index is 2610. The minimum absolute atomic E-state index is 0.0799. The zero-order valence-electron chi connectivity index (χ0n) is 61.6. The predicted octanol–water partition coefficient (Wildman–Crippen LogP) is 3.41. The third-order valence-electron chi connectivity index (χ3n) is 20.3. The molecule has 25 nitrogen and oxygen atoms in total. The first-order valence-corrected chi connectivity index (χ1v) is 35.0. The van der Waals surface area contributed by atoms with Gasteiger partial charge in [0.2, 0.25) is 65.0 Å². The zero-order chi connectivity index (χ0) is 71.2. The summed E-state index contributed by atoms with van der Waals surface area (Å²) in [4.78, 5) is 178. The van der Waals surface area contributed by atoms with Gasteiger partial charge in [0, 0.05) is 88.1 Å². The average Bonchev–Trinajstić information content (AvgIpc) is 1.55. The molecule has 4 fully saturated rings. The summed E-state index contributed by atoms with van der Waals surface area (Å²) in [5.74, 6) is -8.62. The maximum absolute atomic E-state index is 15.3. The SMILES string of the molecule is CCCCC(C)C1OC(C)C2C(=O)N(C)C1C(=O)NC(CC)C(=O)N(C)C(C)C(=O)N(C)C(C(C)CN1CCN(C3CCC3)CC1)C(=O)NC(C(C)C)C(=O)N(C)C(CC(C)C)C(=O)NC(C)C(=O)NC(C)C(=O)N(C)C(CC(C)C)C(=O)N(C)C(CC(C)C)C(=O)N2C. The van der Waals surface area contributed by atoms with Crippen molar-refractivity contribution in [1.82, 2.24) is 65.4 Å². The second kappa shape index (κ2) is 35.9. The Kier molecular flexibility index (Phi) is 30.7. The number of hydrogen-bond acceptors (Lipinski definition) is 14. The molecule has 0 spiro atoms. The molecule has 0 aromatic rings. The number of carbonyl (C=O) groups excluding carboxylic acids is 11. The number of hydrogen-bond donors (Lipinski definition) is 4. The van der Waals surface area contributed by atoms with Gasteiger partial charge in [-0.2, -0.15) is 0 Å². The Morgan fingerprint density at radius 1 is 0.468 bits per heavy atom. The first kappa shape index (κ1) is 80.5. The lowest BCUT2D eigenvalue weighted by atomic mass is 9.91. The average molecular weight is 1330 g/mol. The number of carbonyl (C=O) groups is 11. The van der Waals surface area contributed by atoms with Crippen LogP contribution in [-0.4, -0.2) is 276 Å². The first-order valence-electron chi connectivity index (χ1n) is 35.0. The highest BCUT2D eigenvalue weighted by atomic mass is 16.5. The topological polar surface area (TPSA) is 274 Å². The van der Waals surface area contributed by atoms with E-state index in [2.05, 4.69) is 31.1 Å². The molecule has 3 heterocycles. The standard InChI is InChI=1S/C69H123N13O12/c1-24-26-28-43(11)58-57-62(86)72-50(25-2)65(89)74(17)47(15)64(88)78(21)55(44(12)38-81-31-33-82(34-32-81)49-29-27-30-49)61(85)73-54(42(9)10)68(92)75(18)51(35-39(3)4)60(84)70-45(13)59(83)71-46(14)63(87)76(19)52(36-40(5)6)66(90)77(20)53(37-41(7)8)67(91)79(22)56(48(16)94-58)69(93)80(57)23/h39-58H,24-38H2,1-23H3,(H,70,84)(H,71,83)(H,72,86)(H,73,85). The van der Waals surface area contributed by atoms with Gasteiger partial charge in [0.25, 0.3) is 0 Å². The van der Waals surface area contributed by atoms with Crippen LogP contribution in [0.1, 0.15) is 175 Å². The van der Waals surface area contributed by atoms with Crippen LogP contribution in [-0.2, 0) is 57.5 Å². The Balaban J connectivity index is 1.90. The molecule has 25 heteroatoms. The molecule has 536 valence electrons. The molecule has 3 saturated heterocycles. The highest BCUT2D eigenvalue weighted by molar-refractivity contribution is 6.00. The largest absolute Gasteiger partial charge is 0.370 e. The van der Waals surface area contributed by atoms with Gasteiger partial charge >= 0.3 is 0 Å². The van der Waals surface area contributed by atoms with Crippen molar-refractivity contribution in [3.05, 3.63) is 0 Å². The Labute approximate surface area is 562 Å². The number of amides is 11. The highest BCUT2D eigenvalue weighted by Crippen LogP contribution is 2.32. The van der Waals surface area contributed by atoms with Gasteiger partial charge in [-0.3, -0.25) is 57.6 Å². The molecule has 1 aliphatic carbocycles. The summed E-state index contributed by atoms with van der Waals surface area (Å²) in [6.45, 7) is 32.3. The van der Waals surface area contributed by atoms with E-state index >= 15 is 28.8 Å². The molecule has 0 aromatic heterocycles. The van der Waals surface area contributed by atoms with E-state index in [4.69, 9.17) is 4.74 Å². The van der Waals surface area contributed by atoms with E-state index in [9.17, 15) is 24.0 Å². The summed E-state index contributed by atoms with van der Waals surface area (Å²) in [7, 11) is 10.4. The quantitative estimate of drug-likeness (QED) is 0.173. The van der Waals surface area contributed by atoms with E-state index in [-0.39, 0.29) is 49.4 Å². The number of ether oxygens (including phenoxy) is 1. The van der Waals surface area contributed by atoms with Crippen LogP contribution in [0.15, 0.2) is 0 Å². The van der Waals surface area contributed by atoms with Crippen molar-refractivity contribution in [2.24, 2.45) is 35.5 Å². The van der Waals surface area contributed by atoms with Gasteiger partial charge in [-0.15, -0.1) is 0 Å². The number of rotatable bonds is 16. The maximum atomic E-state index is 15.3. The van der Waals surface area contributed by atoms with Crippen LogP contribution in [0.5, 0.6) is 0 Å². The minimum atomic E-state index is -1.30. The summed E-state index contributed by atoms with van der Waals surface area (Å²) < 4.78 is 6.85. The molecule has 0 aromatic carbocycles. The van der Waals surface area contributed by atoms with E-state index < -0.39 is 155 Å². The first-order chi connectivity index (χ1) is 43.8. The summed E-state index contributed by atoms with van der Waals surface area (Å²) >= 11 is 0. The van der Waals surface area contributed by atoms with E-state index in [0.717, 1.165) is 39.0 Å². The molecule has 0 radical (unpaired) electrons. The van der Waals surface area contributed by atoms with Gasteiger partial charge < -0.3 is 65.2 Å². The molecule has 94 heavy (non-hydrogen) atoms. The second-order valence-electron chi connectivity index (χ2n) is 29.6. The van der Waals surface area contributed by atoms with Crippen LogP contribution in [0.3, 0.4) is 0 Å². The molecular weight excluding hydrogens is 1200 g/mol. The van der Waals surface area contributed by atoms with Crippen molar-refractivity contribution in [2.45, 2.75) is 260 Å². The molecule has 11 amide bonds. The number of likely N-dealkylation sites (N-methyl/N-ethyl adjacent to an activating group) is 7. The van der Waals surface area contributed by atoms with E-state index in [1.54, 1.807) is 34.6 Å². The predicted molar refractivity (Wildman–Crippen MR) is 362 cm³/mol. The monoisotopic (exact) mass is 1330 g/mol. The third-order valence-corrected chi connectivity index (χ3v) is 20.3. The van der Waals surface area contributed by atoms with Gasteiger partial charge in [-0.25, -0.2) is 0 Å². The van der Waals surface area contributed by atoms with Crippen molar-refractivity contribution < 1.29 is 57.5 Å². The van der Waals surface area contributed by atoms with Gasteiger partial charge in [0.15, 0.2) is 0 Å². The third kappa shape index (κ3) is 20.1. The maximum Gasteiger partial charge on any atom is 0.248 e. The Morgan fingerprint density at radius 2 is 0.968 bits per heavy atom. The Hall–Kier alpha value is -5.95. The highest BCUT2D eigenvalue weighted by Gasteiger charge is 2.51. The lowest BCUT2D eigenvalue weighted by molar-refractivity contribution is -0.155. The molecule has 3 aliphatic heterocycles. The van der Waals surface area contributed by atoms with Gasteiger partial charge in [0.1, 0.15) is 66.5 Å². The van der Waals surface area contributed by atoms with Gasteiger partial charge in [0.05, 0.1) is 12.2 Å². The van der Waals surface area contributed by atoms with E-state index in [1.165, 1.54) is 117 Å². The lowest BCUT2D eigenvalue weighted by Crippen LogP contribution is -2.63. The number of unbranched alkanes of at least 4 members (excludes halogenated alkanes) is 1. The molecule has 4 N–H and O–H groups in total. The molecule has 15 unspecified atom stereocenters. The van der Waals surface area contributed by atoms with Crippen LogP contribution in [0.4, 0.5) is 0 Å². The summed E-state index contributed by atoms with van der Waals surface area (Å²) in [6.07, 6.45) is 4.46. The van der Waals surface area contributed by atoms with Crippen LogP contribution < -0.4 is 21.3 Å². The minimum Gasteiger partial charge on any atom is -0.370 e. The molecule has 4 rings (SSSR count). The smallest absolute Gasteiger partial charge is 0.248 e. The van der Waals surface area contributed by atoms with Crippen molar-refractivity contribution >= 4 is 65.0 Å². The molecule has 15 atom stereocenters. The van der Waals surface area contributed by atoms with E-state index in [0.29, 0.717) is 19.0 Å². The molecule has 4 aliphatic rings. The number of nitrogens with zero attached hydrogens (tertiary/aromatic N) is 9. The number of nitrogens with one attached hydrogen (secondary N) is 4. The molecule has 1 saturated carbocycles. The number of piperazine rings is 1. The lowest BCUT2D eigenvalue weighted by Gasteiger charge is -2.44. The van der Waals surface area contributed by atoms with Crippen molar-refractivity contribution in [3.63, 3.8) is 0 Å². The molecule has 2 bridgehead atoms. The van der Waals surface area contributed by atoms with Crippen LogP contribution in [0.25, 0.3) is 0 Å². The summed E-state index contributed by atoms with van der Waals surface area (Å²) in [5.41, 5.74) is 0. The van der Waals surface area contributed by atoms with Crippen molar-refractivity contribution in [3.8, 4) is 0 Å². The van der Waals surface area contributed by atoms with Crippen LogP contribution in [0, 0.1) is 35.5 Å². The summed E-state index contributed by atoms with van der Waals surface area (Å²) in [6, 6.07) is -12.6. The Morgan fingerprint density at radius 3 is 1.47 bits per heavy atom. The fraction of sp³-hybridized carbons (Fsp3) is 0.841. The summed E-state index contributed by atoms with van der Waals surface area (Å²) in [5, 5.41) is 11.4. The van der Waals surface area contributed by atoms with Crippen molar-refractivity contribution in [1.29, 1.82) is 0 Å². The fourth-order valence-corrected chi connectivity index (χ4v) is 13.9. The second-order valence-corrected chi connectivity index (χ2v) is 29.6. The zero-order valence-corrected chi connectivity index (χ0v) is 61.6. The molecular formula is C69H123N13O12.